The summed E-state index contributed by atoms with van der Waals surface area (Å²) >= 11 is 0. The smallest absolute Gasteiger partial charge is 0.292 e. The van der Waals surface area contributed by atoms with Gasteiger partial charge >= 0.3 is 0 Å². The van der Waals surface area contributed by atoms with Crippen LogP contribution in [0, 0.1) is 17.8 Å². The minimum atomic E-state index is -2.43. The maximum absolute atomic E-state index is 12.9. The van der Waals surface area contributed by atoms with Crippen LogP contribution >= 0.6 is 0 Å². The summed E-state index contributed by atoms with van der Waals surface area (Å²) in [5, 5.41) is 2.92. The molecule has 2 aliphatic rings. The molecule has 0 radical (unpaired) electrons. The minimum Gasteiger partial charge on any atom is -0.471 e. The van der Waals surface area contributed by atoms with Gasteiger partial charge in [-0.3, -0.25) is 9.59 Å². The summed E-state index contributed by atoms with van der Waals surface area (Å²) in [5.74, 6) is -3.13. The van der Waals surface area contributed by atoms with Crippen molar-refractivity contribution in [2.24, 2.45) is 17.8 Å². The Balaban J connectivity index is 0.000000521. The van der Waals surface area contributed by atoms with E-state index in [1.165, 1.54) is 14.0 Å². The lowest BCUT2D eigenvalue weighted by atomic mass is 9.91. The first-order valence-electron chi connectivity index (χ1n) is 6.92. The maximum Gasteiger partial charge on any atom is 0.292 e. The molecule has 0 amide bonds. The average Bonchev–Trinajstić information content (AvgIpc) is 2.82. The van der Waals surface area contributed by atoms with Gasteiger partial charge in [-0.2, -0.15) is 0 Å². The molecule has 0 aromatic heterocycles. The number of methoxy groups -OCH3 is 1. The third-order valence-corrected chi connectivity index (χ3v) is 3.80. The maximum atomic E-state index is 12.9. The highest BCUT2D eigenvalue weighted by molar-refractivity contribution is 5.81. The number of alkyl halides is 2. The van der Waals surface area contributed by atoms with Gasteiger partial charge in [0.15, 0.2) is 0 Å². The number of hydrogen-bond donors (Lipinski definition) is 1. The molecule has 2 rings (SSSR count). The number of carbonyl (C=O) groups is 2. The summed E-state index contributed by atoms with van der Waals surface area (Å²) < 4.78 is 29.6. The van der Waals surface area contributed by atoms with Crippen molar-refractivity contribution in [3.8, 4) is 0 Å². The summed E-state index contributed by atoms with van der Waals surface area (Å²) in [6, 6.07) is -0.224. The third-order valence-electron chi connectivity index (χ3n) is 3.80. The molecule has 118 valence electrons. The first-order chi connectivity index (χ1) is 9.39. The number of likely N-dealkylation sites (N-methyl/N-ethyl adjacent to an activating group) is 1. The molecule has 4 nitrogen and oxygen atoms in total. The van der Waals surface area contributed by atoms with Gasteiger partial charge in [-0.25, -0.2) is 8.78 Å². The summed E-state index contributed by atoms with van der Waals surface area (Å²) in [6.45, 7) is 5.89. The number of ketones is 1. The molecular weight excluding hydrogens is 268 g/mol. The zero-order valence-electron chi connectivity index (χ0n) is 12.8. The van der Waals surface area contributed by atoms with Gasteiger partial charge in [0.1, 0.15) is 5.78 Å². The minimum absolute atomic E-state index is 0.0575. The second kappa shape index (κ2) is 8.29. The van der Waals surface area contributed by atoms with Crippen molar-refractivity contribution in [2.45, 2.75) is 45.6 Å². The van der Waals surface area contributed by atoms with Crippen LogP contribution in [0.5, 0.6) is 0 Å². The number of halogens is 2. The van der Waals surface area contributed by atoms with E-state index in [-0.39, 0.29) is 17.7 Å². The lowest BCUT2D eigenvalue weighted by Gasteiger charge is -2.22. The van der Waals surface area contributed by atoms with E-state index in [9.17, 15) is 13.6 Å². The van der Waals surface area contributed by atoms with Gasteiger partial charge in [-0.1, -0.05) is 13.8 Å². The van der Waals surface area contributed by atoms with Crippen molar-refractivity contribution < 1.29 is 23.1 Å². The molecule has 20 heavy (non-hydrogen) atoms. The van der Waals surface area contributed by atoms with E-state index in [1.54, 1.807) is 7.05 Å². The highest BCUT2D eigenvalue weighted by atomic mass is 19.3. The number of nitrogens with one attached hydrogen (secondary N) is 1. The summed E-state index contributed by atoms with van der Waals surface area (Å²) in [7, 11) is 3.03. The molecule has 2 fully saturated rings. The van der Waals surface area contributed by atoms with Crippen molar-refractivity contribution in [1.82, 2.24) is 5.32 Å². The molecular formula is C14H25F2NO3. The highest BCUT2D eigenvalue weighted by Gasteiger charge is 2.71. The van der Waals surface area contributed by atoms with Crippen LogP contribution in [0.25, 0.3) is 0 Å². The molecule has 0 aliphatic heterocycles. The van der Waals surface area contributed by atoms with Gasteiger partial charge in [0.05, 0.1) is 13.2 Å². The van der Waals surface area contributed by atoms with Crippen LogP contribution in [-0.2, 0) is 14.3 Å². The summed E-state index contributed by atoms with van der Waals surface area (Å²) in [5.41, 5.74) is 0. The molecule has 0 aromatic rings. The fourth-order valence-electron chi connectivity index (χ4n) is 2.89. The van der Waals surface area contributed by atoms with E-state index >= 15 is 0 Å². The van der Waals surface area contributed by atoms with Crippen molar-refractivity contribution in [3.05, 3.63) is 0 Å². The molecule has 0 aromatic carbocycles. The Bertz CT molecular complexity index is 310. The zero-order valence-corrected chi connectivity index (χ0v) is 12.8. The lowest BCUT2D eigenvalue weighted by Crippen LogP contribution is -2.39. The molecule has 6 heteroatoms. The number of fused-ring (bicyclic) bond motifs is 1. The Morgan fingerprint density at radius 1 is 1.35 bits per heavy atom. The van der Waals surface area contributed by atoms with Crippen molar-refractivity contribution >= 4 is 12.3 Å². The van der Waals surface area contributed by atoms with Crippen LogP contribution < -0.4 is 5.32 Å². The Morgan fingerprint density at radius 2 is 1.75 bits per heavy atom. The van der Waals surface area contributed by atoms with E-state index in [4.69, 9.17) is 4.79 Å². The highest BCUT2D eigenvalue weighted by Crippen LogP contribution is 2.66. The molecule has 2 aliphatic carbocycles. The first kappa shape index (κ1) is 19.0. The Morgan fingerprint density at radius 3 is 2.00 bits per heavy atom. The van der Waals surface area contributed by atoms with Gasteiger partial charge in [-0.05, 0) is 32.7 Å². The number of Topliss-reactive ketones (excluding diaryl/α,β-unsaturated/α-hetero) is 1. The lowest BCUT2D eigenvalue weighted by molar-refractivity contribution is -0.126. The van der Waals surface area contributed by atoms with Crippen LogP contribution in [-0.4, -0.2) is 38.4 Å². The van der Waals surface area contributed by atoms with Crippen molar-refractivity contribution in [3.63, 3.8) is 0 Å². The van der Waals surface area contributed by atoms with Crippen molar-refractivity contribution in [1.29, 1.82) is 0 Å². The standard InChI is InChI=1S/C10H15F2NO.C2H4O2.C2H6/c1-5(14)9(13-2)6-3-7-8(4-6)10(7,11)12;1-4-2-3;1-2/h6-9,13H,3-4H2,1-2H3;2H,1H3;1-2H3. The summed E-state index contributed by atoms with van der Waals surface area (Å²) in [4.78, 5) is 20.1. The van der Waals surface area contributed by atoms with Crippen LogP contribution in [0.1, 0.15) is 33.6 Å². The molecule has 2 saturated carbocycles. The van der Waals surface area contributed by atoms with Crippen LogP contribution in [0.4, 0.5) is 8.78 Å². The Hall–Kier alpha value is -1.04. The van der Waals surface area contributed by atoms with Gasteiger partial charge < -0.3 is 10.1 Å². The molecule has 3 unspecified atom stereocenters. The molecule has 0 heterocycles. The number of carbonyl (C=O) groups excluding carboxylic acids is 2. The summed E-state index contributed by atoms with van der Waals surface area (Å²) in [6.07, 6.45) is 1.01. The van der Waals surface area contributed by atoms with E-state index in [0.717, 1.165) is 0 Å². The molecule has 0 saturated heterocycles. The van der Waals surface area contributed by atoms with E-state index in [0.29, 0.717) is 19.3 Å². The molecule has 1 N–H and O–H groups in total. The Kier molecular flexibility index (Phi) is 7.86. The SMILES string of the molecule is CC.CNC(C(C)=O)C1CC2C(C1)C2(F)F.COC=O. The first-order valence-corrected chi connectivity index (χ1v) is 6.92. The normalized spacial score (nSPS) is 29.6. The van der Waals surface area contributed by atoms with E-state index < -0.39 is 17.8 Å². The van der Waals surface area contributed by atoms with Gasteiger partial charge in [-0.15, -0.1) is 0 Å². The second-order valence-corrected chi connectivity index (χ2v) is 4.83. The predicted molar refractivity (Wildman–Crippen MR) is 72.6 cm³/mol. The number of ether oxygens (including phenoxy) is 1. The molecule has 0 bridgehead atoms. The van der Waals surface area contributed by atoms with Crippen molar-refractivity contribution in [2.75, 3.05) is 14.2 Å². The number of hydrogen-bond acceptors (Lipinski definition) is 4. The fraction of sp³-hybridized carbons (Fsp3) is 0.857. The van der Waals surface area contributed by atoms with E-state index in [1.807, 2.05) is 13.8 Å². The molecule has 0 spiro atoms. The van der Waals surface area contributed by atoms with Crippen LogP contribution in [0.3, 0.4) is 0 Å². The van der Waals surface area contributed by atoms with Crippen LogP contribution in [0.15, 0.2) is 0 Å². The van der Waals surface area contributed by atoms with E-state index in [2.05, 4.69) is 10.1 Å². The monoisotopic (exact) mass is 293 g/mol. The number of rotatable bonds is 4. The van der Waals surface area contributed by atoms with Crippen LogP contribution in [0.2, 0.25) is 0 Å². The van der Waals surface area contributed by atoms with Gasteiger partial charge in [0.2, 0.25) is 0 Å². The molecule has 3 atom stereocenters. The predicted octanol–water partition coefficient (Wildman–Crippen LogP) is 2.27. The quantitative estimate of drug-likeness (QED) is 0.808. The Labute approximate surface area is 119 Å². The largest absolute Gasteiger partial charge is 0.471 e. The zero-order chi connectivity index (χ0) is 15.9. The fourth-order valence-corrected chi connectivity index (χ4v) is 2.89. The third kappa shape index (κ3) is 4.23. The van der Waals surface area contributed by atoms with Gasteiger partial charge in [0.25, 0.3) is 12.4 Å². The average molecular weight is 293 g/mol. The van der Waals surface area contributed by atoms with Gasteiger partial charge in [0, 0.05) is 11.8 Å². The topological polar surface area (TPSA) is 55.4 Å². The second-order valence-electron chi connectivity index (χ2n) is 4.83.